The van der Waals surface area contributed by atoms with Crippen LogP contribution in [0.15, 0.2) is 18.5 Å². The number of amides is 1. The standard InChI is InChI=1S/C11H17N3O2/c12-5-9-1-2-10(16-9)11(15)14-7-8-3-4-13-6-8/h3-4,6,9-10,13H,1-2,5,7,12H2,(H,14,15). The second kappa shape index (κ2) is 5.14. The molecule has 0 aromatic carbocycles. The van der Waals surface area contributed by atoms with Gasteiger partial charge in [0.1, 0.15) is 6.10 Å². The van der Waals surface area contributed by atoms with Gasteiger partial charge in [-0.05, 0) is 24.5 Å². The number of nitrogens with one attached hydrogen (secondary N) is 2. The van der Waals surface area contributed by atoms with Crippen molar-refractivity contribution in [1.82, 2.24) is 10.3 Å². The van der Waals surface area contributed by atoms with Gasteiger partial charge in [0.25, 0.3) is 0 Å². The van der Waals surface area contributed by atoms with E-state index in [9.17, 15) is 4.79 Å². The minimum atomic E-state index is -0.326. The zero-order chi connectivity index (χ0) is 11.4. The highest BCUT2D eigenvalue weighted by Gasteiger charge is 2.29. The Labute approximate surface area is 94.4 Å². The molecule has 2 heterocycles. The number of hydrogen-bond acceptors (Lipinski definition) is 3. The van der Waals surface area contributed by atoms with Gasteiger partial charge in [-0.25, -0.2) is 0 Å². The number of rotatable bonds is 4. The van der Waals surface area contributed by atoms with Crippen molar-refractivity contribution in [3.8, 4) is 0 Å². The first-order valence-corrected chi connectivity index (χ1v) is 5.54. The van der Waals surface area contributed by atoms with E-state index in [0.29, 0.717) is 13.1 Å². The topological polar surface area (TPSA) is 80.1 Å². The highest BCUT2D eigenvalue weighted by Crippen LogP contribution is 2.18. The van der Waals surface area contributed by atoms with Crippen LogP contribution < -0.4 is 11.1 Å². The summed E-state index contributed by atoms with van der Waals surface area (Å²) < 4.78 is 5.50. The number of aromatic nitrogens is 1. The summed E-state index contributed by atoms with van der Waals surface area (Å²) in [5.74, 6) is -0.0443. The first-order chi connectivity index (χ1) is 7.79. The predicted octanol–water partition coefficient (Wildman–Crippen LogP) is 0.137. The molecule has 0 aliphatic carbocycles. The first kappa shape index (κ1) is 11.2. The third kappa shape index (κ3) is 2.62. The van der Waals surface area contributed by atoms with Crippen molar-refractivity contribution >= 4 is 5.91 Å². The number of carbonyl (C=O) groups excluding carboxylic acids is 1. The van der Waals surface area contributed by atoms with Crippen LogP contribution in [0.1, 0.15) is 18.4 Å². The van der Waals surface area contributed by atoms with Crippen LogP contribution >= 0.6 is 0 Å². The van der Waals surface area contributed by atoms with Crippen LogP contribution in [0.3, 0.4) is 0 Å². The summed E-state index contributed by atoms with van der Waals surface area (Å²) in [5.41, 5.74) is 6.54. The number of hydrogen-bond donors (Lipinski definition) is 3. The van der Waals surface area contributed by atoms with Crippen molar-refractivity contribution in [2.75, 3.05) is 6.54 Å². The van der Waals surface area contributed by atoms with E-state index in [1.165, 1.54) is 0 Å². The largest absolute Gasteiger partial charge is 0.367 e. The summed E-state index contributed by atoms with van der Waals surface area (Å²) in [6.07, 6.45) is 5.05. The third-order valence-corrected chi connectivity index (χ3v) is 2.79. The monoisotopic (exact) mass is 223 g/mol. The van der Waals surface area contributed by atoms with E-state index >= 15 is 0 Å². The van der Waals surface area contributed by atoms with E-state index in [-0.39, 0.29) is 18.1 Å². The summed E-state index contributed by atoms with van der Waals surface area (Å²) in [5, 5.41) is 2.85. The Bertz CT molecular complexity index is 337. The van der Waals surface area contributed by atoms with E-state index in [0.717, 1.165) is 18.4 Å². The molecule has 5 nitrogen and oxygen atoms in total. The van der Waals surface area contributed by atoms with Crippen LogP contribution in [0, 0.1) is 0 Å². The highest BCUT2D eigenvalue weighted by atomic mass is 16.5. The number of aromatic amines is 1. The van der Waals surface area contributed by atoms with Gasteiger partial charge < -0.3 is 20.8 Å². The lowest BCUT2D eigenvalue weighted by Gasteiger charge is -2.12. The average Bonchev–Trinajstić information content (AvgIpc) is 2.96. The van der Waals surface area contributed by atoms with E-state index in [4.69, 9.17) is 10.5 Å². The van der Waals surface area contributed by atoms with Crippen LogP contribution in [0.5, 0.6) is 0 Å². The van der Waals surface area contributed by atoms with E-state index in [2.05, 4.69) is 10.3 Å². The molecule has 0 bridgehead atoms. The normalized spacial score (nSPS) is 24.6. The molecule has 1 saturated heterocycles. The van der Waals surface area contributed by atoms with Crippen molar-refractivity contribution < 1.29 is 9.53 Å². The Morgan fingerprint density at radius 1 is 1.62 bits per heavy atom. The summed E-state index contributed by atoms with van der Waals surface area (Å²) in [6, 6.07) is 1.93. The maximum Gasteiger partial charge on any atom is 0.249 e. The first-order valence-electron chi connectivity index (χ1n) is 5.54. The molecule has 1 aliphatic heterocycles. The van der Waals surface area contributed by atoms with E-state index in [1.54, 1.807) is 0 Å². The van der Waals surface area contributed by atoms with E-state index < -0.39 is 0 Å². The fraction of sp³-hybridized carbons (Fsp3) is 0.545. The molecule has 2 atom stereocenters. The number of ether oxygens (including phenoxy) is 1. The summed E-state index contributed by atoms with van der Waals surface area (Å²) >= 11 is 0. The maximum atomic E-state index is 11.7. The molecular weight excluding hydrogens is 206 g/mol. The lowest BCUT2D eigenvalue weighted by atomic mass is 10.2. The van der Waals surface area contributed by atoms with Crippen LogP contribution in [0.4, 0.5) is 0 Å². The molecule has 1 aliphatic rings. The van der Waals surface area contributed by atoms with Crippen molar-refractivity contribution in [1.29, 1.82) is 0 Å². The number of nitrogens with two attached hydrogens (primary N) is 1. The molecule has 1 amide bonds. The van der Waals surface area contributed by atoms with Crippen molar-refractivity contribution in [2.45, 2.75) is 31.6 Å². The summed E-state index contributed by atoms with van der Waals surface area (Å²) in [6.45, 7) is 1.02. The summed E-state index contributed by atoms with van der Waals surface area (Å²) in [4.78, 5) is 14.7. The molecule has 2 rings (SSSR count). The number of carbonyl (C=O) groups is 1. The van der Waals surface area contributed by atoms with Gasteiger partial charge in [0, 0.05) is 25.5 Å². The van der Waals surface area contributed by atoms with Crippen LogP contribution in [0.25, 0.3) is 0 Å². The Kier molecular flexibility index (Phi) is 3.58. The fourth-order valence-electron chi connectivity index (χ4n) is 1.84. The molecule has 0 radical (unpaired) electrons. The molecule has 5 heteroatoms. The van der Waals surface area contributed by atoms with E-state index in [1.807, 2.05) is 18.5 Å². The Balaban J connectivity index is 1.76. The fourth-order valence-corrected chi connectivity index (χ4v) is 1.84. The van der Waals surface area contributed by atoms with Crippen LogP contribution in [0.2, 0.25) is 0 Å². The predicted molar refractivity (Wildman–Crippen MR) is 59.6 cm³/mol. The molecule has 0 spiro atoms. The molecule has 1 aromatic rings. The van der Waals surface area contributed by atoms with Crippen LogP contribution in [-0.2, 0) is 16.1 Å². The highest BCUT2D eigenvalue weighted by molar-refractivity contribution is 5.80. The summed E-state index contributed by atoms with van der Waals surface area (Å²) in [7, 11) is 0. The molecule has 16 heavy (non-hydrogen) atoms. The smallest absolute Gasteiger partial charge is 0.249 e. The van der Waals surface area contributed by atoms with Gasteiger partial charge in [-0.15, -0.1) is 0 Å². The molecule has 2 unspecified atom stereocenters. The Morgan fingerprint density at radius 3 is 3.12 bits per heavy atom. The van der Waals surface area contributed by atoms with Gasteiger partial charge in [-0.2, -0.15) is 0 Å². The lowest BCUT2D eigenvalue weighted by molar-refractivity contribution is -0.132. The lowest BCUT2D eigenvalue weighted by Crippen LogP contribution is -2.35. The second-order valence-corrected chi connectivity index (χ2v) is 4.00. The minimum Gasteiger partial charge on any atom is -0.367 e. The third-order valence-electron chi connectivity index (χ3n) is 2.79. The van der Waals surface area contributed by atoms with Crippen molar-refractivity contribution in [3.05, 3.63) is 24.0 Å². The van der Waals surface area contributed by atoms with Crippen LogP contribution in [-0.4, -0.2) is 29.6 Å². The molecule has 1 aromatic heterocycles. The molecule has 4 N–H and O–H groups in total. The van der Waals surface area contributed by atoms with Gasteiger partial charge in [0.2, 0.25) is 5.91 Å². The molecular formula is C11H17N3O2. The maximum absolute atomic E-state index is 11.7. The molecule has 1 fully saturated rings. The second-order valence-electron chi connectivity index (χ2n) is 4.00. The quantitative estimate of drug-likeness (QED) is 0.679. The van der Waals surface area contributed by atoms with Gasteiger partial charge in [0.15, 0.2) is 0 Å². The van der Waals surface area contributed by atoms with Gasteiger partial charge in [-0.1, -0.05) is 0 Å². The number of H-pyrrole nitrogens is 1. The van der Waals surface area contributed by atoms with Gasteiger partial charge in [0.05, 0.1) is 6.10 Å². The SMILES string of the molecule is NCC1CCC(C(=O)NCc2cc[nH]c2)O1. The Hall–Kier alpha value is -1.33. The van der Waals surface area contributed by atoms with Gasteiger partial charge in [-0.3, -0.25) is 4.79 Å². The minimum absolute atomic E-state index is 0.0443. The molecule has 88 valence electrons. The van der Waals surface area contributed by atoms with Gasteiger partial charge >= 0.3 is 0 Å². The zero-order valence-electron chi connectivity index (χ0n) is 9.11. The molecule has 0 saturated carbocycles. The zero-order valence-corrected chi connectivity index (χ0v) is 9.11. The van der Waals surface area contributed by atoms with Crippen molar-refractivity contribution in [2.24, 2.45) is 5.73 Å². The van der Waals surface area contributed by atoms with Crippen molar-refractivity contribution in [3.63, 3.8) is 0 Å². The average molecular weight is 223 g/mol. The Morgan fingerprint density at radius 2 is 2.50 bits per heavy atom.